The highest BCUT2D eigenvalue weighted by Crippen LogP contribution is 2.42. The average molecular weight is 883 g/mol. The smallest absolute Gasteiger partial charge is 0.167 e. The molecular weight excluding hydrogens is 845 g/mol. The molecule has 0 fully saturated rings. The molecule has 6 heteroatoms. The highest BCUT2D eigenvalue weighted by molar-refractivity contribution is 6.14. The normalized spacial score (nSPS) is 11.8. The van der Waals surface area contributed by atoms with Crippen LogP contribution in [-0.2, 0) is 0 Å². The maximum atomic E-state index is 6.98. The molecular formula is C63H38N4O2. The quantitative estimate of drug-likeness (QED) is 0.159. The topological polar surface area (TPSA) is 69.9 Å². The van der Waals surface area contributed by atoms with Crippen molar-refractivity contribution in [1.29, 1.82) is 0 Å². The van der Waals surface area contributed by atoms with Gasteiger partial charge in [0, 0.05) is 60.8 Å². The van der Waals surface area contributed by atoms with Crippen molar-refractivity contribution in [1.82, 2.24) is 19.5 Å². The van der Waals surface area contributed by atoms with Crippen molar-refractivity contribution in [2.24, 2.45) is 0 Å². The number of benzene rings is 10. The minimum Gasteiger partial charge on any atom is -0.456 e. The maximum absolute atomic E-state index is 6.98. The molecule has 0 bridgehead atoms. The highest BCUT2D eigenvalue weighted by atomic mass is 16.3. The van der Waals surface area contributed by atoms with Gasteiger partial charge in [-0.15, -0.1) is 0 Å². The number of fused-ring (bicyclic) bond motifs is 9. The van der Waals surface area contributed by atoms with Gasteiger partial charge in [-0.05, 0) is 76.3 Å². The molecule has 0 amide bonds. The monoisotopic (exact) mass is 882 g/mol. The van der Waals surface area contributed by atoms with E-state index in [2.05, 4.69) is 193 Å². The largest absolute Gasteiger partial charge is 0.456 e. The Morgan fingerprint density at radius 3 is 1.49 bits per heavy atom. The second-order valence-electron chi connectivity index (χ2n) is 17.5. The number of nitrogens with zero attached hydrogens (tertiary/aromatic N) is 4. The van der Waals surface area contributed by atoms with Gasteiger partial charge in [-0.3, -0.25) is 0 Å². The van der Waals surface area contributed by atoms with Gasteiger partial charge < -0.3 is 13.4 Å². The van der Waals surface area contributed by atoms with Crippen LogP contribution in [0.1, 0.15) is 0 Å². The predicted octanol–water partition coefficient (Wildman–Crippen LogP) is 16.8. The number of para-hydroxylation sites is 3. The van der Waals surface area contributed by atoms with E-state index < -0.39 is 0 Å². The van der Waals surface area contributed by atoms with Crippen LogP contribution in [0.4, 0.5) is 0 Å². The van der Waals surface area contributed by atoms with Crippen LogP contribution in [-0.4, -0.2) is 19.5 Å². The van der Waals surface area contributed by atoms with Gasteiger partial charge in [0.05, 0.1) is 16.6 Å². The number of hydrogen-bond acceptors (Lipinski definition) is 5. The van der Waals surface area contributed by atoms with Crippen LogP contribution in [0.25, 0.3) is 139 Å². The first-order valence-corrected chi connectivity index (χ1v) is 23.2. The summed E-state index contributed by atoms with van der Waals surface area (Å²) in [6.07, 6.45) is 0. The molecule has 4 aromatic heterocycles. The summed E-state index contributed by atoms with van der Waals surface area (Å²) in [7, 11) is 0. The lowest BCUT2D eigenvalue weighted by molar-refractivity contribution is 0.668. The molecule has 0 radical (unpaired) electrons. The average Bonchev–Trinajstić information content (AvgIpc) is 4.10. The van der Waals surface area contributed by atoms with E-state index in [9.17, 15) is 0 Å². The van der Waals surface area contributed by atoms with Crippen molar-refractivity contribution >= 4 is 65.7 Å². The van der Waals surface area contributed by atoms with E-state index >= 15 is 0 Å². The number of rotatable bonds is 7. The minimum atomic E-state index is 0.540. The molecule has 0 N–H and O–H groups in total. The molecule has 0 spiro atoms. The molecule has 69 heavy (non-hydrogen) atoms. The number of furan rings is 2. The van der Waals surface area contributed by atoms with Crippen LogP contribution in [0, 0.1) is 0 Å². The van der Waals surface area contributed by atoms with Crippen LogP contribution < -0.4 is 0 Å². The lowest BCUT2D eigenvalue weighted by Crippen LogP contribution is -2.00. The standard InChI is InChI=1S/C63H38N4O2/c1-4-14-39(15-5-1)41-26-28-43(29-27-41)62-64-61(42-18-8-3-9-19-42)65-63(66-62)53-24-13-23-52-51-22-12-21-47(59(51)69-60(52)53)45-30-33-49-50-34-32-46(38-58(50)68-57(49)37-45)67-55-25-11-10-20-48(55)54-36-44(31-35-56(54)67)40-16-6-2-7-17-40/h1-38H. The molecule has 6 nitrogen and oxygen atoms in total. The zero-order valence-corrected chi connectivity index (χ0v) is 37.0. The summed E-state index contributed by atoms with van der Waals surface area (Å²) in [6.45, 7) is 0. The van der Waals surface area contributed by atoms with Gasteiger partial charge in [-0.1, -0.05) is 176 Å². The molecule has 10 aromatic carbocycles. The SMILES string of the molecule is c1ccc(-c2ccc(-c3nc(-c4ccccc4)nc(-c4cccc5c4oc4c(-c6ccc7c(c6)oc6cc(-n8c9ccccc9c9cc(-c%10ccccc%10)ccc98)ccc67)cccc45)n3)cc2)cc1. The Bertz CT molecular complexity index is 4290. The van der Waals surface area contributed by atoms with Gasteiger partial charge in [-0.2, -0.15) is 0 Å². The van der Waals surface area contributed by atoms with Crippen molar-refractivity contribution in [2.45, 2.75) is 0 Å². The molecule has 0 saturated heterocycles. The molecule has 0 atom stereocenters. The fourth-order valence-electron chi connectivity index (χ4n) is 10.1. The first kappa shape index (κ1) is 38.8. The first-order valence-electron chi connectivity index (χ1n) is 23.2. The summed E-state index contributed by atoms with van der Waals surface area (Å²) < 4.78 is 16.1. The van der Waals surface area contributed by atoms with Gasteiger partial charge in [0.15, 0.2) is 17.5 Å². The zero-order valence-electron chi connectivity index (χ0n) is 37.0. The molecule has 0 aliphatic rings. The molecule has 4 heterocycles. The van der Waals surface area contributed by atoms with Gasteiger partial charge in [0.2, 0.25) is 0 Å². The molecule has 0 aliphatic heterocycles. The third kappa shape index (κ3) is 6.45. The Kier molecular flexibility index (Phi) is 8.79. The number of hydrogen-bond donors (Lipinski definition) is 0. The Balaban J connectivity index is 0.861. The number of aromatic nitrogens is 4. The van der Waals surface area contributed by atoms with Crippen molar-refractivity contribution in [3.8, 4) is 73.2 Å². The van der Waals surface area contributed by atoms with E-state index in [-0.39, 0.29) is 0 Å². The Morgan fingerprint density at radius 1 is 0.275 bits per heavy atom. The van der Waals surface area contributed by atoms with Crippen LogP contribution in [0.5, 0.6) is 0 Å². The van der Waals surface area contributed by atoms with Crippen LogP contribution in [0.15, 0.2) is 239 Å². The van der Waals surface area contributed by atoms with Gasteiger partial charge in [0.25, 0.3) is 0 Å². The lowest BCUT2D eigenvalue weighted by atomic mass is 10.0. The van der Waals surface area contributed by atoms with E-state index in [4.69, 9.17) is 23.8 Å². The highest BCUT2D eigenvalue weighted by Gasteiger charge is 2.21. The van der Waals surface area contributed by atoms with E-state index in [1.807, 2.05) is 42.5 Å². The molecule has 0 unspecified atom stereocenters. The van der Waals surface area contributed by atoms with E-state index in [1.54, 1.807) is 0 Å². The minimum absolute atomic E-state index is 0.540. The third-order valence-corrected chi connectivity index (χ3v) is 13.5. The Morgan fingerprint density at radius 2 is 0.768 bits per heavy atom. The third-order valence-electron chi connectivity index (χ3n) is 13.5. The summed E-state index contributed by atoms with van der Waals surface area (Å²) in [5.41, 5.74) is 15.7. The molecule has 0 saturated carbocycles. The van der Waals surface area contributed by atoms with Crippen molar-refractivity contribution in [3.05, 3.63) is 231 Å². The maximum Gasteiger partial charge on any atom is 0.167 e. The fraction of sp³-hybridized carbons (Fsp3) is 0. The van der Waals surface area contributed by atoms with Crippen LogP contribution >= 0.6 is 0 Å². The fourth-order valence-corrected chi connectivity index (χ4v) is 10.1. The summed E-state index contributed by atoms with van der Waals surface area (Å²) in [5, 5.41) is 6.55. The van der Waals surface area contributed by atoms with Crippen LogP contribution in [0.2, 0.25) is 0 Å². The molecule has 14 rings (SSSR count). The van der Waals surface area contributed by atoms with E-state index in [0.29, 0.717) is 23.1 Å². The van der Waals surface area contributed by atoms with Crippen molar-refractivity contribution in [2.75, 3.05) is 0 Å². The van der Waals surface area contributed by atoms with Gasteiger partial charge >= 0.3 is 0 Å². The van der Waals surface area contributed by atoms with E-state index in [1.165, 1.54) is 21.9 Å². The second kappa shape index (κ2) is 15.6. The van der Waals surface area contributed by atoms with Gasteiger partial charge in [-0.25, -0.2) is 15.0 Å². The van der Waals surface area contributed by atoms with Crippen molar-refractivity contribution in [3.63, 3.8) is 0 Å². The summed E-state index contributed by atoms with van der Waals surface area (Å²) in [5.74, 6) is 1.72. The van der Waals surface area contributed by atoms with Crippen LogP contribution in [0.3, 0.4) is 0 Å². The lowest BCUT2D eigenvalue weighted by Gasteiger charge is -2.09. The predicted molar refractivity (Wildman–Crippen MR) is 281 cm³/mol. The second-order valence-corrected chi connectivity index (χ2v) is 17.5. The first-order chi connectivity index (χ1) is 34.2. The Hall–Kier alpha value is -9.39. The zero-order chi connectivity index (χ0) is 45.4. The molecule has 0 aliphatic carbocycles. The summed E-state index contributed by atoms with van der Waals surface area (Å²) in [4.78, 5) is 15.2. The summed E-state index contributed by atoms with van der Waals surface area (Å²) >= 11 is 0. The van der Waals surface area contributed by atoms with E-state index in [0.717, 1.165) is 94.0 Å². The summed E-state index contributed by atoms with van der Waals surface area (Å²) in [6, 6.07) is 80.3. The van der Waals surface area contributed by atoms with Gasteiger partial charge in [0.1, 0.15) is 22.3 Å². The Labute approximate surface area is 396 Å². The molecule has 322 valence electrons. The van der Waals surface area contributed by atoms with Crippen molar-refractivity contribution < 1.29 is 8.83 Å². The molecule has 14 aromatic rings.